The summed E-state index contributed by atoms with van der Waals surface area (Å²) in [5.41, 5.74) is 1.09. The molecular weight excluding hydrogens is 274 g/mol. The van der Waals surface area contributed by atoms with E-state index in [2.05, 4.69) is 0 Å². The SMILES string of the molecule is CC[C@H](C)C(=O)Oc1ccc(-c2cccc(F)c2)cc1F. The van der Waals surface area contributed by atoms with Crippen LogP contribution in [-0.2, 0) is 4.79 Å². The maximum absolute atomic E-state index is 14.0. The zero-order chi connectivity index (χ0) is 15.4. The van der Waals surface area contributed by atoms with Gasteiger partial charge in [0.1, 0.15) is 5.82 Å². The van der Waals surface area contributed by atoms with Gasteiger partial charge in [-0.05, 0) is 41.8 Å². The minimum absolute atomic E-state index is 0.111. The van der Waals surface area contributed by atoms with Gasteiger partial charge in [0.15, 0.2) is 11.6 Å². The number of esters is 1. The summed E-state index contributed by atoms with van der Waals surface area (Å²) in [5.74, 6) is -1.89. The number of hydrogen-bond acceptors (Lipinski definition) is 2. The van der Waals surface area contributed by atoms with E-state index in [1.807, 2.05) is 6.92 Å². The monoisotopic (exact) mass is 290 g/mol. The lowest BCUT2D eigenvalue weighted by Crippen LogP contribution is -2.17. The second kappa shape index (κ2) is 6.48. The Morgan fingerprint density at radius 2 is 1.86 bits per heavy atom. The van der Waals surface area contributed by atoms with Crippen LogP contribution in [-0.4, -0.2) is 5.97 Å². The maximum Gasteiger partial charge on any atom is 0.314 e. The van der Waals surface area contributed by atoms with Crippen molar-refractivity contribution < 1.29 is 18.3 Å². The zero-order valence-electron chi connectivity index (χ0n) is 11.9. The quantitative estimate of drug-likeness (QED) is 0.608. The van der Waals surface area contributed by atoms with Crippen LogP contribution in [0, 0.1) is 17.6 Å². The molecule has 0 spiro atoms. The van der Waals surface area contributed by atoms with E-state index in [0.717, 1.165) is 0 Å². The molecule has 2 aromatic rings. The van der Waals surface area contributed by atoms with Crippen molar-refractivity contribution in [1.82, 2.24) is 0 Å². The molecule has 110 valence electrons. The molecular formula is C17H16F2O2. The van der Waals surface area contributed by atoms with Gasteiger partial charge in [-0.3, -0.25) is 4.79 Å². The average Bonchev–Trinajstić information content (AvgIpc) is 2.48. The third-order valence-electron chi connectivity index (χ3n) is 3.32. The molecule has 0 aliphatic carbocycles. The van der Waals surface area contributed by atoms with Gasteiger partial charge in [-0.15, -0.1) is 0 Å². The van der Waals surface area contributed by atoms with E-state index >= 15 is 0 Å². The Bertz CT molecular complexity index is 653. The summed E-state index contributed by atoms with van der Waals surface area (Å²) in [5, 5.41) is 0. The first-order valence-electron chi connectivity index (χ1n) is 6.78. The van der Waals surface area contributed by atoms with Gasteiger partial charge < -0.3 is 4.74 Å². The molecule has 0 radical (unpaired) electrons. The van der Waals surface area contributed by atoms with E-state index in [4.69, 9.17) is 4.74 Å². The van der Waals surface area contributed by atoms with Crippen LogP contribution in [0.25, 0.3) is 11.1 Å². The lowest BCUT2D eigenvalue weighted by molar-refractivity contribution is -0.138. The summed E-state index contributed by atoms with van der Waals surface area (Å²) in [7, 11) is 0. The fourth-order valence-electron chi connectivity index (χ4n) is 1.81. The number of hydrogen-bond donors (Lipinski definition) is 0. The van der Waals surface area contributed by atoms with Crippen LogP contribution in [0.5, 0.6) is 5.75 Å². The Labute approximate surface area is 122 Å². The van der Waals surface area contributed by atoms with Crippen LogP contribution in [0.15, 0.2) is 42.5 Å². The van der Waals surface area contributed by atoms with Crippen molar-refractivity contribution in [1.29, 1.82) is 0 Å². The number of rotatable bonds is 4. The Morgan fingerprint density at radius 3 is 2.48 bits per heavy atom. The third-order valence-corrected chi connectivity index (χ3v) is 3.32. The molecule has 0 aliphatic heterocycles. The van der Waals surface area contributed by atoms with Crippen LogP contribution in [0.3, 0.4) is 0 Å². The number of carbonyl (C=O) groups excluding carboxylic acids is 1. The van der Waals surface area contributed by atoms with Crippen LogP contribution in [0.2, 0.25) is 0 Å². The Balaban J connectivity index is 2.24. The van der Waals surface area contributed by atoms with Crippen molar-refractivity contribution in [2.24, 2.45) is 5.92 Å². The predicted octanol–water partition coefficient (Wildman–Crippen LogP) is 4.58. The van der Waals surface area contributed by atoms with Gasteiger partial charge in [-0.1, -0.05) is 32.0 Å². The molecule has 0 aliphatic rings. The van der Waals surface area contributed by atoms with Crippen LogP contribution in [0.4, 0.5) is 8.78 Å². The highest BCUT2D eigenvalue weighted by molar-refractivity contribution is 5.75. The van der Waals surface area contributed by atoms with Gasteiger partial charge in [0, 0.05) is 0 Å². The maximum atomic E-state index is 14.0. The van der Waals surface area contributed by atoms with Gasteiger partial charge in [0.25, 0.3) is 0 Å². The lowest BCUT2D eigenvalue weighted by atomic mass is 10.1. The van der Waals surface area contributed by atoms with E-state index in [0.29, 0.717) is 17.5 Å². The van der Waals surface area contributed by atoms with Crippen LogP contribution in [0.1, 0.15) is 20.3 Å². The van der Waals surface area contributed by atoms with Crippen molar-refractivity contribution in [3.05, 3.63) is 54.1 Å². The normalized spacial score (nSPS) is 12.0. The summed E-state index contributed by atoms with van der Waals surface area (Å²) < 4.78 is 32.2. The highest BCUT2D eigenvalue weighted by atomic mass is 19.1. The smallest absolute Gasteiger partial charge is 0.314 e. The van der Waals surface area contributed by atoms with Crippen molar-refractivity contribution in [2.75, 3.05) is 0 Å². The first kappa shape index (κ1) is 15.2. The highest BCUT2D eigenvalue weighted by Gasteiger charge is 2.16. The minimum atomic E-state index is -0.645. The Kier molecular flexibility index (Phi) is 4.68. The molecule has 2 rings (SSSR count). The molecule has 0 N–H and O–H groups in total. The molecule has 0 saturated carbocycles. The summed E-state index contributed by atoms with van der Waals surface area (Å²) in [6.45, 7) is 3.58. The molecule has 2 aromatic carbocycles. The second-order valence-corrected chi connectivity index (χ2v) is 4.89. The highest BCUT2D eigenvalue weighted by Crippen LogP contribution is 2.26. The van der Waals surface area contributed by atoms with E-state index in [1.54, 1.807) is 25.1 Å². The van der Waals surface area contributed by atoms with Crippen LogP contribution < -0.4 is 4.74 Å². The average molecular weight is 290 g/mol. The molecule has 0 heterocycles. The fourth-order valence-corrected chi connectivity index (χ4v) is 1.81. The number of benzene rings is 2. The number of carbonyl (C=O) groups is 1. The lowest BCUT2D eigenvalue weighted by Gasteiger charge is -2.10. The van der Waals surface area contributed by atoms with Crippen molar-refractivity contribution in [3.63, 3.8) is 0 Å². The first-order chi connectivity index (χ1) is 10.0. The summed E-state index contributed by atoms with van der Waals surface area (Å²) in [6, 6.07) is 10.1. The standard InChI is InChI=1S/C17H16F2O2/c1-3-11(2)17(20)21-16-8-7-13(10-15(16)19)12-5-4-6-14(18)9-12/h4-11H,3H2,1-2H3/t11-/m0/s1. The number of halogens is 2. The zero-order valence-corrected chi connectivity index (χ0v) is 11.9. The summed E-state index contributed by atoms with van der Waals surface area (Å²) in [6.07, 6.45) is 0.627. The van der Waals surface area contributed by atoms with Gasteiger partial charge >= 0.3 is 5.97 Å². The molecule has 0 saturated heterocycles. The third kappa shape index (κ3) is 3.66. The molecule has 1 atom stereocenters. The van der Waals surface area contributed by atoms with E-state index in [1.165, 1.54) is 24.3 Å². The van der Waals surface area contributed by atoms with Gasteiger partial charge in [0.2, 0.25) is 0 Å². The molecule has 4 heteroatoms. The topological polar surface area (TPSA) is 26.3 Å². The molecule has 0 fully saturated rings. The Hall–Kier alpha value is -2.23. The van der Waals surface area contributed by atoms with E-state index < -0.39 is 11.8 Å². The van der Waals surface area contributed by atoms with Gasteiger partial charge in [-0.2, -0.15) is 0 Å². The molecule has 2 nitrogen and oxygen atoms in total. The molecule has 0 aromatic heterocycles. The largest absolute Gasteiger partial charge is 0.423 e. The fraction of sp³-hybridized carbons (Fsp3) is 0.235. The van der Waals surface area contributed by atoms with Gasteiger partial charge in [0.05, 0.1) is 5.92 Å². The second-order valence-electron chi connectivity index (χ2n) is 4.89. The number of ether oxygens (including phenoxy) is 1. The van der Waals surface area contributed by atoms with Crippen LogP contribution >= 0.6 is 0 Å². The molecule has 0 unspecified atom stereocenters. The Morgan fingerprint density at radius 1 is 1.14 bits per heavy atom. The molecule has 0 amide bonds. The van der Waals surface area contributed by atoms with E-state index in [-0.39, 0.29) is 17.5 Å². The predicted molar refractivity (Wildman–Crippen MR) is 76.9 cm³/mol. The van der Waals surface area contributed by atoms with Gasteiger partial charge in [-0.25, -0.2) is 8.78 Å². The summed E-state index contributed by atoms with van der Waals surface area (Å²) in [4.78, 5) is 11.7. The first-order valence-corrected chi connectivity index (χ1v) is 6.78. The van der Waals surface area contributed by atoms with E-state index in [9.17, 15) is 13.6 Å². The van der Waals surface area contributed by atoms with Crippen molar-refractivity contribution >= 4 is 5.97 Å². The van der Waals surface area contributed by atoms with Crippen molar-refractivity contribution in [3.8, 4) is 16.9 Å². The van der Waals surface area contributed by atoms with Crippen molar-refractivity contribution in [2.45, 2.75) is 20.3 Å². The molecule has 21 heavy (non-hydrogen) atoms. The summed E-state index contributed by atoms with van der Waals surface area (Å²) >= 11 is 0. The molecule has 0 bridgehead atoms. The minimum Gasteiger partial charge on any atom is -0.423 e.